The molecule has 0 bridgehead atoms. The first kappa shape index (κ1) is 15.2. The van der Waals surface area contributed by atoms with Crippen LogP contribution in [0.5, 0.6) is 5.75 Å². The molecular weight excluding hydrogens is 284 g/mol. The molecule has 1 N–H and O–H groups in total. The van der Waals surface area contributed by atoms with Crippen molar-refractivity contribution in [3.63, 3.8) is 0 Å². The lowest BCUT2D eigenvalue weighted by Gasteiger charge is -2.10. The zero-order valence-electron chi connectivity index (χ0n) is 11.7. The standard InChI is InChI=1S/C14H12N6O2/c1-22-14-7-10(3-5-13(14)18-20-16)9-2-4-12(17-19-15)11(6-9)8-21/h2-7,21H,8H2,1H3. The topological polar surface area (TPSA) is 127 Å². The van der Waals surface area contributed by atoms with Gasteiger partial charge in [-0.25, -0.2) is 0 Å². The number of hydrogen-bond acceptors (Lipinski definition) is 4. The summed E-state index contributed by atoms with van der Waals surface area (Å²) in [5.74, 6) is 0.444. The minimum atomic E-state index is -0.240. The van der Waals surface area contributed by atoms with Crippen LogP contribution < -0.4 is 4.74 Å². The molecule has 0 unspecified atom stereocenters. The molecule has 0 aliphatic carbocycles. The van der Waals surface area contributed by atoms with Gasteiger partial charge in [-0.3, -0.25) is 0 Å². The van der Waals surface area contributed by atoms with Crippen LogP contribution in [0, 0.1) is 0 Å². The van der Waals surface area contributed by atoms with Crippen molar-refractivity contribution in [2.45, 2.75) is 6.61 Å². The second-order valence-corrected chi connectivity index (χ2v) is 4.27. The molecule has 22 heavy (non-hydrogen) atoms. The smallest absolute Gasteiger partial charge is 0.129 e. The van der Waals surface area contributed by atoms with Crippen LogP contribution in [0.15, 0.2) is 46.6 Å². The van der Waals surface area contributed by atoms with Gasteiger partial charge in [0.15, 0.2) is 0 Å². The molecule has 0 atom stereocenters. The summed E-state index contributed by atoms with van der Waals surface area (Å²) in [7, 11) is 1.49. The predicted octanol–water partition coefficient (Wildman–Crippen LogP) is 4.74. The van der Waals surface area contributed by atoms with Gasteiger partial charge in [0.05, 0.1) is 19.4 Å². The fraction of sp³-hybridized carbons (Fsp3) is 0.143. The number of azide groups is 2. The molecule has 0 saturated heterocycles. The Hall–Kier alpha value is -3.18. The first-order valence-corrected chi connectivity index (χ1v) is 6.26. The highest BCUT2D eigenvalue weighted by Crippen LogP contribution is 2.34. The molecule has 110 valence electrons. The van der Waals surface area contributed by atoms with Gasteiger partial charge in [0, 0.05) is 15.5 Å². The quantitative estimate of drug-likeness (QED) is 0.485. The first-order chi connectivity index (χ1) is 10.7. The second-order valence-electron chi connectivity index (χ2n) is 4.27. The summed E-state index contributed by atoms with van der Waals surface area (Å²) in [5, 5.41) is 16.4. The minimum absolute atomic E-state index is 0.240. The van der Waals surface area contributed by atoms with E-state index in [2.05, 4.69) is 20.1 Å². The largest absolute Gasteiger partial charge is 0.496 e. The third kappa shape index (κ3) is 3.11. The Kier molecular flexibility index (Phi) is 4.85. The molecule has 0 aromatic heterocycles. The summed E-state index contributed by atoms with van der Waals surface area (Å²) in [5.41, 5.74) is 19.9. The maximum atomic E-state index is 9.37. The Morgan fingerprint density at radius 2 is 1.59 bits per heavy atom. The van der Waals surface area contributed by atoms with Gasteiger partial charge in [0.1, 0.15) is 5.75 Å². The van der Waals surface area contributed by atoms with Gasteiger partial charge in [-0.05, 0) is 46.0 Å². The lowest BCUT2D eigenvalue weighted by molar-refractivity contribution is 0.282. The minimum Gasteiger partial charge on any atom is -0.496 e. The van der Waals surface area contributed by atoms with Gasteiger partial charge in [-0.1, -0.05) is 28.4 Å². The van der Waals surface area contributed by atoms with Crippen molar-refractivity contribution in [1.82, 2.24) is 0 Å². The van der Waals surface area contributed by atoms with Crippen LogP contribution in [-0.4, -0.2) is 12.2 Å². The first-order valence-electron chi connectivity index (χ1n) is 6.26. The third-order valence-corrected chi connectivity index (χ3v) is 3.07. The average Bonchev–Trinajstić information content (AvgIpc) is 2.56. The highest BCUT2D eigenvalue weighted by molar-refractivity contribution is 5.72. The van der Waals surface area contributed by atoms with Crippen molar-refractivity contribution in [2.75, 3.05) is 7.11 Å². The molecule has 0 aliphatic heterocycles. The Morgan fingerprint density at radius 3 is 2.18 bits per heavy atom. The van der Waals surface area contributed by atoms with E-state index in [1.807, 2.05) is 0 Å². The summed E-state index contributed by atoms with van der Waals surface area (Å²) in [6.45, 7) is -0.240. The highest BCUT2D eigenvalue weighted by atomic mass is 16.5. The van der Waals surface area contributed by atoms with Crippen molar-refractivity contribution in [2.24, 2.45) is 10.2 Å². The van der Waals surface area contributed by atoms with E-state index in [-0.39, 0.29) is 6.61 Å². The summed E-state index contributed by atoms with van der Waals surface area (Å²) in [4.78, 5) is 5.47. The second kappa shape index (κ2) is 7.01. The van der Waals surface area contributed by atoms with Gasteiger partial charge in [-0.15, -0.1) is 0 Å². The van der Waals surface area contributed by atoms with E-state index in [1.165, 1.54) is 7.11 Å². The molecule has 0 heterocycles. The van der Waals surface area contributed by atoms with Crippen LogP contribution in [0.2, 0.25) is 0 Å². The number of rotatable bonds is 5. The van der Waals surface area contributed by atoms with Gasteiger partial charge in [0.2, 0.25) is 0 Å². The molecule has 0 saturated carbocycles. The Bertz CT molecular complexity index is 724. The SMILES string of the molecule is COc1cc(-c2ccc(N=[N+]=[N-])c(CO)c2)ccc1N=[N+]=[N-]. The van der Waals surface area contributed by atoms with Crippen LogP contribution in [0.1, 0.15) is 5.56 Å². The predicted molar refractivity (Wildman–Crippen MR) is 82.0 cm³/mol. The van der Waals surface area contributed by atoms with Gasteiger partial charge in [-0.2, -0.15) is 0 Å². The molecule has 2 aromatic rings. The van der Waals surface area contributed by atoms with Crippen molar-refractivity contribution in [1.29, 1.82) is 0 Å². The number of methoxy groups -OCH3 is 1. The highest BCUT2D eigenvalue weighted by Gasteiger charge is 2.07. The van der Waals surface area contributed by atoms with Gasteiger partial charge >= 0.3 is 0 Å². The summed E-state index contributed by atoms with van der Waals surface area (Å²) in [6.07, 6.45) is 0. The molecule has 0 amide bonds. The number of benzene rings is 2. The van der Waals surface area contributed by atoms with E-state index in [0.29, 0.717) is 22.7 Å². The molecule has 0 radical (unpaired) electrons. The maximum Gasteiger partial charge on any atom is 0.129 e. The summed E-state index contributed by atoms with van der Waals surface area (Å²) < 4.78 is 5.20. The number of ether oxygens (including phenoxy) is 1. The fourth-order valence-electron chi connectivity index (χ4n) is 2.03. The normalized spacial score (nSPS) is 9.55. The Morgan fingerprint density at radius 1 is 1.00 bits per heavy atom. The van der Waals surface area contributed by atoms with E-state index in [4.69, 9.17) is 15.8 Å². The average molecular weight is 296 g/mol. The van der Waals surface area contributed by atoms with E-state index >= 15 is 0 Å². The zero-order valence-corrected chi connectivity index (χ0v) is 11.7. The maximum absolute atomic E-state index is 9.37. The van der Waals surface area contributed by atoms with E-state index in [0.717, 1.165) is 11.1 Å². The van der Waals surface area contributed by atoms with Crippen molar-refractivity contribution in [3.05, 3.63) is 62.8 Å². The zero-order chi connectivity index (χ0) is 15.9. The fourth-order valence-corrected chi connectivity index (χ4v) is 2.03. The number of aliphatic hydroxyl groups excluding tert-OH is 1. The van der Waals surface area contributed by atoms with Crippen molar-refractivity contribution in [3.8, 4) is 16.9 Å². The summed E-state index contributed by atoms with van der Waals surface area (Å²) >= 11 is 0. The molecule has 2 rings (SSSR count). The molecule has 8 heteroatoms. The van der Waals surface area contributed by atoms with Crippen LogP contribution in [0.25, 0.3) is 32.0 Å². The molecule has 8 nitrogen and oxygen atoms in total. The Labute approximate surface area is 125 Å². The molecular formula is C14H12N6O2. The van der Waals surface area contributed by atoms with Crippen LogP contribution in [-0.2, 0) is 6.61 Å². The molecule has 0 aliphatic rings. The van der Waals surface area contributed by atoms with E-state index < -0.39 is 0 Å². The van der Waals surface area contributed by atoms with Gasteiger partial charge in [0.25, 0.3) is 0 Å². The van der Waals surface area contributed by atoms with E-state index in [9.17, 15) is 5.11 Å². The van der Waals surface area contributed by atoms with Crippen LogP contribution in [0.4, 0.5) is 11.4 Å². The monoisotopic (exact) mass is 296 g/mol. The van der Waals surface area contributed by atoms with Crippen LogP contribution >= 0.6 is 0 Å². The molecule has 0 fully saturated rings. The lowest BCUT2D eigenvalue weighted by Crippen LogP contribution is -1.88. The van der Waals surface area contributed by atoms with E-state index in [1.54, 1.807) is 36.4 Å². The van der Waals surface area contributed by atoms with Gasteiger partial charge < -0.3 is 9.84 Å². The Balaban J connectivity index is 2.52. The van der Waals surface area contributed by atoms with Crippen molar-refractivity contribution < 1.29 is 9.84 Å². The third-order valence-electron chi connectivity index (χ3n) is 3.07. The molecule has 2 aromatic carbocycles. The van der Waals surface area contributed by atoms with Crippen molar-refractivity contribution >= 4 is 11.4 Å². The number of hydrogen-bond donors (Lipinski definition) is 1. The molecule has 0 spiro atoms. The van der Waals surface area contributed by atoms with Crippen LogP contribution in [0.3, 0.4) is 0 Å². The number of aliphatic hydroxyl groups is 1. The number of nitrogens with zero attached hydrogens (tertiary/aromatic N) is 6. The lowest BCUT2D eigenvalue weighted by atomic mass is 10.0. The summed E-state index contributed by atoms with van der Waals surface area (Å²) in [6, 6.07) is 10.3.